The molecule has 2 aromatic rings. The van der Waals surface area contributed by atoms with Gasteiger partial charge in [-0.1, -0.05) is 35.0 Å². The third kappa shape index (κ3) is 3.87. The number of likely N-dealkylation sites (N-methyl/N-ethyl adjacent to an activating group) is 1. The fourth-order valence-corrected chi connectivity index (χ4v) is 2.56. The Kier molecular flexibility index (Phi) is 5.26. The molecule has 0 spiro atoms. The maximum Gasteiger partial charge on any atom is 0.127 e. The normalized spacial score (nSPS) is 12.4. The second kappa shape index (κ2) is 6.95. The first-order chi connectivity index (χ1) is 9.60. The van der Waals surface area contributed by atoms with E-state index in [0.29, 0.717) is 12.0 Å². The van der Waals surface area contributed by atoms with Gasteiger partial charge in [-0.3, -0.25) is 4.98 Å². The van der Waals surface area contributed by atoms with Crippen molar-refractivity contribution in [3.8, 4) is 0 Å². The van der Waals surface area contributed by atoms with E-state index in [4.69, 9.17) is 0 Å². The third-order valence-corrected chi connectivity index (χ3v) is 3.68. The van der Waals surface area contributed by atoms with Crippen LogP contribution in [-0.2, 0) is 6.42 Å². The lowest BCUT2D eigenvalue weighted by molar-refractivity contribution is 0.526. The van der Waals surface area contributed by atoms with Crippen LogP contribution < -0.4 is 5.32 Å². The van der Waals surface area contributed by atoms with E-state index < -0.39 is 0 Å². The third-order valence-electron chi connectivity index (χ3n) is 3.19. The lowest BCUT2D eigenvalue weighted by atomic mass is 9.99. The van der Waals surface area contributed by atoms with E-state index in [9.17, 15) is 4.39 Å². The Morgan fingerprint density at radius 3 is 2.75 bits per heavy atom. The number of halogens is 2. The summed E-state index contributed by atoms with van der Waals surface area (Å²) in [7, 11) is 0. The Balaban J connectivity index is 2.25. The van der Waals surface area contributed by atoms with Crippen molar-refractivity contribution in [3.63, 3.8) is 0 Å². The van der Waals surface area contributed by atoms with Crippen LogP contribution in [0.3, 0.4) is 0 Å². The highest BCUT2D eigenvalue weighted by Gasteiger charge is 2.14. The summed E-state index contributed by atoms with van der Waals surface area (Å²) in [5, 5.41) is 3.40. The van der Waals surface area contributed by atoms with Crippen molar-refractivity contribution < 1.29 is 4.39 Å². The standard InChI is InChI=1S/C16H18BrFN2/c1-3-20-16(13-6-11(2)9-19-10-13)7-12-4-5-14(17)8-15(12)18/h4-6,8-10,16,20H,3,7H2,1-2H3. The highest BCUT2D eigenvalue weighted by Crippen LogP contribution is 2.22. The fourth-order valence-electron chi connectivity index (χ4n) is 2.23. The van der Waals surface area contributed by atoms with Gasteiger partial charge in [0.25, 0.3) is 0 Å². The minimum atomic E-state index is -0.178. The number of nitrogens with zero attached hydrogens (tertiary/aromatic N) is 1. The second-order valence-electron chi connectivity index (χ2n) is 4.85. The smallest absolute Gasteiger partial charge is 0.127 e. The molecule has 0 fully saturated rings. The maximum absolute atomic E-state index is 14.0. The van der Waals surface area contributed by atoms with E-state index in [1.54, 1.807) is 0 Å². The number of aromatic nitrogens is 1. The van der Waals surface area contributed by atoms with Gasteiger partial charge in [-0.15, -0.1) is 0 Å². The minimum Gasteiger partial charge on any atom is -0.310 e. The number of rotatable bonds is 5. The van der Waals surface area contributed by atoms with E-state index in [0.717, 1.165) is 22.1 Å². The molecule has 1 unspecified atom stereocenters. The van der Waals surface area contributed by atoms with Crippen molar-refractivity contribution in [2.24, 2.45) is 0 Å². The Morgan fingerprint density at radius 2 is 2.10 bits per heavy atom. The van der Waals surface area contributed by atoms with Crippen molar-refractivity contribution in [3.05, 3.63) is 63.6 Å². The fraction of sp³-hybridized carbons (Fsp3) is 0.312. The van der Waals surface area contributed by atoms with Crippen molar-refractivity contribution in [1.82, 2.24) is 10.3 Å². The molecule has 0 saturated carbocycles. The van der Waals surface area contributed by atoms with Gasteiger partial charge in [0, 0.05) is 22.9 Å². The number of benzene rings is 1. The zero-order valence-corrected chi connectivity index (χ0v) is 13.2. The molecule has 0 aliphatic carbocycles. The van der Waals surface area contributed by atoms with Crippen LogP contribution in [0.15, 0.2) is 41.1 Å². The number of hydrogen-bond acceptors (Lipinski definition) is 2. The van der Waals surface area contributed by atoms with E-state index in [1.165, 1.54) is 6.07 Å². The minimum absolute atomic E-state index is 0.0723. The summed E-state index contributed by atoms with van der Waals surface area (Å²) >= 11 is 3.28. The molecule has 0 amide bonds. The molecule has 0 aliphatic rings. The molecule has 2 rings (SSSR count). The quantitative estimate of drug-likeness (QED) is 0.885. The molecule has 106 valence electrons. The van der Waals surface area contributed by atoms with Gasteiger partial charge in [0.05, 0.1) is 0 Å². The van der Waals surface area contributed by atoms with E-state index in [2.05, 4.69) is 32.3 Å². The molecule has 1 aromatic carbocycles. The predicted molar refractivity (Wildman–Crippen MR) is 83.2 cm³/mol. The van der Waals surface area contributed by atoms with Crippen LogP contribution >= 0.6 is 15.9 Å². The van der Waals surface area contributed by atoms with Crippen LogP contribution in [-0.4, -0.2) is 11.5 Å². The summed E-state index contributed by atoms with van der Waals surface area (Å²) in [6.45, 7) is 4.89. The first-order valence-electron chi connectivity index (χ1n) is 6.69. The molecule has 1 heterocycles. The van der Waals surface area contributed by atoms with Gasteiger partial charge in [0.2, 0.25) is 0 Å². The van der Waals surface area contributed by atoms with Crippen molar-refractivity contribution in [2.75, 3.05) is 6.54 Å². The molecule has 20 heavy (non-hydrogen) atoms. The summed E-state index contributed by atoms with van der Waals surface area (Å²) in [6.07, 6.45) is 4.28. The first kappa shape index (κ1) is 15.1. The average molecular weight is 337 g/mol. The van der Waals surface area contributed by atoms with Crippen LogP contribution in [0.25, 0.3) is 0 Å². The monoisotopic (exact) mass is 336 g/mol. The van der Waals surface area contributed by atoms with Gasteiger partial charge < -0.3 is 5.32 Å². The molecule has 1 aromatic heterocycles. The van der Waals surface area contributed by atoms with Crippen LogP contribution in [0.2, 0.25) is 0 Å². The largest absolute Gasteiger partial charge is 0.310 e. The topological polar surface area (TPSA) is 24.9 Å². The molecule has 2 nitrogen and oxygen atoms in total. The summed E-state index contributed by atoms with van der Waals surface area (Å²) in [6, 6.07) is 7.37. The average Bonchev–Trinajstić information content (AvgIpc) is 2.41. The summed E-state index contributed by atoms with van der Waals surface area (Å²) < 4.78 is 14.7. The van der Waals surface area contributed by atoms with Crippen LogP contribution in [0.5, 0.6) is 0 Å². The van der Waals surface area contributed by atoms with Gasteiger partial charge in [0.15, 0.2) is 0 Å². The number of nitrogens with one attached hydrogen (secondary N) is 1. The molecule has 0 bridgehead atoms. The maximum atomic E-state index is 14.0. The lowest BCUT2D eigenvalue weighted by Gasteiger charge is -2.19. The zero-order chi connectivity index (χ0) is 14.5. The highest BCUT2D eigenvalue weighted by atomic mass is 79.9. The Bertz CT molecular complexity index is 586. The highest BCUT2D eigenvalue weighted by molar-refractivity contribution is 9.10. The molecule has 0 radical (unpaired) electrons. The summed E-state index contributed by atoms with van der Waals surface area (Å²) in [5.41, 5.74) is 2.91. The van der Waals surface area contributed by atoms with Gasteiger partial charge in [-0.05, 0) is 48.7 Å². The predicted octanol–water partition coefficient (Wildman–Crippen LogP) is 4.18. The van der Waals surface area contributed by atoms with Crippen molar-refractivity contribution in [2.45, 2.75) is 26.3 Å². The molecular formula is C16H18BrFN2. The lowest BCUT2D eigenvalue weighted by Crippen LogP contribution is -2.23. The van der Waals surface area contributed by atoms with E-state index >= 15 is 0 Å². The van der Waals surface area contributed by atoms with Crippen LogP contribution in [0.1, 0.15) is 29.7 Å². The molecule has 1 atom stereocenters. The SMILES string of the molecule is CCNC(Cc1ccc(Br)cc1F)c1cncc(C)c1. The Hall–Kier alpha value is -1.26. The number of hydrogen-bond donors (Lipinski definition) is 1. The zero-order valence-electron chi connectivity index (χ0n) is 11.7. The molecule has 1 N–H and O–H groups in total. The molecule has 0 saturated heterocycles. The Morgan fingerprint density at radius 1 is 1.30 bits per heavy atom. The molecule has 4 heteroatoms. The molecule has 0 aliphatic heterocycles. The Labute approximate surface area is 127 Å². The molecular weight excluding hydrogens is 319 g/mol. The van der Waals surface area contributed by atoms with Crippen molar-refractivity contribution >= 4 is 15.9 Å². The summed E-state index contributed by atoms with van der Waals surface area (Å²) in [5.74, 6) is -0.178. The van der Waals surface area contributed by atoms with Gasteiger partial charge in [-0.2, -0.15) is 0 Å². The van der Waals surface area contributed by atoms with E-state index in [-0.39, 0.29) is 11.9 Å². The van der Waals surface area contributed by atoms with Gasteiger partial charge in [-0.25, -0.2) is 4.39 Å². The van der Waals surface area contributed by atoms with Gasteiger partial charge >= 0.3 is 0 Å². The number of aryl methyl sites for hydroxylation is 1. The van der Waals surface area contributed by atoms with Crippen molar-refractivity contribution in [1.29, 1.82) is 0 Å². The first-order valence-corrected chi connectivity index (χ1v) is 7.48. The van der Waals surface area contributed by atoms with Crippen LogP contribution in [0.4, 0.5) is 4.39 Å². The second-order valence-corrected chi connectivity index (χ2v) is 5.76. The summed E-state index contributed by atoms with van der Waals surface area (Å²) in [4.78, 5) is 4.22. The number of pyridine rings is 1. The van der Waals surface area contributed by atoms with Gasteiger partial charge in [0.1, 0.15) is 5.82 Å². The van der Waals surface area contributed by atoms with Crippen LogP contribution in [0, 0.1) is 12.7 Å². The van der Waals surface area contributed by atoms with E-state index in [1.807, 2.05) is 38.4 Å².